The van der Waals surface area contributed by atoms with Crippen molar-refractivity contribution in [3.05, 3.63) is 51.4 Å². The first kappa shape index (κ1) is 21.9. The second-order valence-electron chi connectivity index (χ2n) is 4.96. The number of hydroxylamine groups is 3. The summed E-state index contributed by atoms with van der Waals surface area (Å²) in [4.78, 5) is 4.16. The van der Waals surface area contributed by atoms with Crippen LogP contribution in [0, 0.1) is 11.0 Å². The van der Waals surface area contributed by atoms with Crippen LogP contribution in [0.3, 0.4) is 0 Å². The lowest BCUT2D eigenvalue weighted by atomic mass is 10.3. The Labute approximate surface area is 171 Å². The van der Waals surface area contributed by atoms with E-state index in [0.717, 1.165) is 6.20 Å². The molecule has 0 spiro atoms. The molecule has 1 heterocycles. The molecule has 11 nitrogen and oxygen atoms in total. The Bertz CT molecular complexity index is 849. The van der Waals surface area contributed by atoms with Gasteiger partial charge in [0.15, 0.2) is 16.6 Å². The molecule has 1 aromatic carbocycles. The molecule has 2 aromatic rings. The first-order valence-electron chi connectivity index (χ1n) is 7.62. The van der Waals surface area contributed by atoms with E-state index in [1.165, 1.54) is 30.0 Å². The molecule has 0 saturated heterocycles. The highest BCUT2D eigenvalue weighted by atomic mass is 79.9. The molecule has 0 bridgehead atoms. The molecular weight excluding hydrogens is 461 g/mol. The average Bonchev–Trinajstić information content (AvgIpc) is 3.13. The van der Waals surface area contributed by atoms with Crippen LogP contribution in [0.4, 0.5) is 10.1 Å². The van der Waals surface area contributed by atoms with Crippen LogP contribution in [0.2, 0.25) is 0 Å². The van der Waals surface area contributed by atoms with Crippen LogP contribution in [-0.2, 0) is 0 Å². The van der Waals surface area contributed by atoms with Crippen molar-refractivity contribution in [2.24, 2.45) is 4.99 Å². The molecule has 14 heteroatoms. The van der Waals surface area contributed by atoms with E-state index in [-0.39, 0.29) is 21.2 Å². The van der Waals surface area contributed by atoms with Gasteiger partial charge in [0.05, 0.1) is 16.4 Å². The molecule has 28 heavy (non-hydrogen) atoms. The van der Waals surface area contributed by atoms with Crippen molar-refractivity contribution in [1.82, 2.24) is 31.7 Å². The summed E-state index contributed by atoms with van der Waals surface area (Å²) in [5.41, 5.74) is 2.46. The molecule has 0 aliphatic rings. The van der Waals surface area contributed by atoms with Crippen LogP contribution in [0.1, 0.15) is 5.69 Å². The van der Waals surface area contributed by atoms with Gasteiger partial charge in [-0.15, -0.1) is 0 Å². The van der Waals surface area contributed by atoms with Gasteiger partial charge in [-0.05, 0) is 44.4 Å². The zero-order valence-electron chi connectivity index (χ0n) is 14.4. The van der Waals surface area contributed by atoms with E-state index in [0.29, 0.717) is 28.8 Å². The maximum atomic E-state index is 13.3. The second-order valence-corrected chi connectivity index (χ2v) is 6.90. The topological polar surface area (TPSA) is 154 Å². The first-order valence-corrected chi connectivity index (χ1v) is 9.40. The van der Waals surface area contributed by atoms with Crippen molar-refractivity contribution in [3.63, 3.8) is 0 Å². The van der Waals surface area contributed by atoms with E-state index >= 15 is 0 Å². The predicted octanol–water partition coefficient (Wildman–Crippen LogP) is 1.92. The third kappa shape index (κ3) is 6.35. The number of nitrogens with zero attached hydrogens (tertiary/aromatic N) is 4. The minimum atomic E-state index is -0.444. The molecule has 5 N–H and O–H groups in total. The van der Waals surface area contributed by atoms with Crippen molar-refractivity contribution in [3.8, 4) is 0 Å². The molecule has 0 radical (unpaired) electrons. The van der Waals surface area contributed by atoms with Crippen LogP contribution in [0.25, 0.3) is 0 Å². The van der Waals surface area contributed by atoms with Gasteiger partial charge in [-0.2, -0.15) is 0 Å². The fourth-order valence-electron chi connectivity index (χ4n) is 1.88. The van der Waals surface area contributed by atoms with Gasteiger partial charge in [0, 0.05) is 19.3 Å². The Morgan fingerprint density at radius 3 is 2.93 bits per heavy atom. The molecule has 0 unspecified atom stereocenters. The highest BCUT2D eigenvalue weighted by molar-refractivity contribution is 9.10. The summed E-state index contributed by atoms with van der Waals surface area (Å²) in [5, 5.41) is 41.7. The summed E-state index contributed by atoms with van der Waals surface area (Å²) in [7, 11) is 1.58. The fourth-order valence-corrected chi connectivity index (χ4v) is 3.00. The SMILES string of the molecule is CN/C(=C\N([O-])O)NCCSc1nonc1C(=Nc1ccc(F)c(Br)c1)NO. The molecule has 2 rings (SSSR count). The maximum absolute atomic E-state index is 13.3. The average molecular weight is 477 g/mol. The first-order chi connectivity index (χ1) is 13.4. The molecule has 0 amide bonds. The van der Waals surface area contributed by atoms with Crippen LogP contribution in [-0.4, -0.2) is 51.1 Å². The summed E-state index contributed by atoms with van der Waals surface area (Å²) in [6, 6.07) is 4.08. The van der Waals surface area contributed by atoms with Crippen molar-refractivity contribution in [1.29, 1.82) is 0 Å². The van der Waals surface area contributed by atoms with Gasteiger partial charge >= 0.3 is 0 Å². The third-order valence-electron chi connectivity index (χ3n) is 3.10. The quantitative estimate of drug-likeness (QED) is 0.118. The number of hydrogen-bond donors (Lipinski definition) is 5. The Hall–Kier alpha value is -2.39. The van der Waals surface area contributed by atoms with Crippen LogP contribution >= 0.6 is 27.7 Å². The highest BCUT2D eigenvalue weighted by Crippen LogP contribution is 2.24. The third-order valence-corrected chi connectivity index (χ3v) is 4.66. The van der Waals surface area contributed by atoms with Crippen molar-refractivity contribution >= 4 is 39.2 Å². The molecule has 152 valence electrons. The van der Waals surface area contributed by atoms with E-state index < -0.39 is 5.82 Å². The van der Waals surface area contributed by atoms with E-state index in [1.807, 2.05) is 5.48 Å². The molecule has 0 fully saturated rings. The van der Waals surface area contributed by atoms with E-state index in [4.69, 9.17) is 9.84 Å². The Kier molecular flexibility index (Phi) is 8.46. The van der Waals surface area contributed by atoms with Gasteiger partial charge in [-0.3, -0.25) is 15.9 Å². The minimum absolute atomic E-state index is 0.0340. The summed E-state index contributed by atoms with van der Waals surface area (Å²) < 4.78 is 18.3. The summed E-state index contributed by atoms with van der Waals surface area (Å²) in [5.74, 6) is 0.317. The lowest BCUT2D eigenvalue weighted by Crippen LogP contribution is -2.27. The highest BCUT2D eigenvalue weighted by Gasteiger charge is 2.17. The van der Waals surface area contributed by atoms with Crippen molar-refractivity contribution in [2.75, 3.05) is 19.3 Å². The van der Waals surface area contributed by atoms with Crippen molar-refractivity contribution in [2.45, 2.75) is 5.03 Å². The summed E-state index contributed by atoms with van der Waals surface area (Å²) in [6.45, 7) is 0.404. The maximum Gasteiger partial charge on any atom is 0.186 e. The smallest absolute Gasteiger partial charge is 0.186 e. The minimum Gasteiger partial charge on any atom is -0.734 e. The molecule has 0 saturated carbocycles. The van der Waals surface area contributed by atoms with Crippen LogP contribution in [0.15, 0.2) is 49.3 Å². The van der Waals surface area contributed by atoms with Crippen LogP contribution < -0.4 is 16.1 Å². The van der Waals surface area contributed by atoms with Gasteiger partial charge in [0.25, 0.3) is 0 Å². The molecular formula is C14H16BrFN7O4S-. The van der Waals surface area contributed by atoms with Crippen LogP contribution in [0.5, 0.6) is 0 Å². The van der Waals surface area contributed by atoms with Gasteiger partial charge < -0.3 is 21.1 Å². The lowest BCUT2D eigenvalue weighted by Gasteiger charge is -2.19. The molecule has 0 aliphatic carbocycles. The summed E-state index contributed by atoms with van der Waals surface area (Å²) >= 11 is 4.31. The number of halogens is 2. The zero-order valence-corrected chi connectivity index (χ0v) is 16.8. The zero-order chi connectivity index (χ0) is 20.5. The van der Waals surface area contributed by atoms with E-state index in [2.05, 4.69) is 41.9 Å². The number of benzene rings is 1. The number of amidine groups is 1. The molecule has 0 atom stereocenters. The largest absolute Gasteiger partial charge is 0.734 e. The van der Waals surface area contributed by atoms with E-state index in [1.54, 1.807) is 7.05 Å². The number of hydrogen-bond acceptors (Lipinski definition) is 11. The Morgan fingerprint density at radius 2 is 2.29 bits per heavy atom. The molecule has 0 aliphatic heterocycles. The van der Waals surface area contributed by atoms with Gasteiger partial charge in [-0.1, -0.05) is 11.8 Å². The predicted molar refractivity (Wildman–Crippen MR) is 102 cm³/mol. The lowest BCUT2D eigenvalue weighted by molar-refractivity contribution is 0.0101. The Balaban J connectivity index is 2.04. The van der Waals surface area contributed by atoms with Gasteiger partial charge in [0.1, 0.15) is 11.6 Å². The number of aliphatic imine (C=N–C) groups is 1. The molecule has 1 aromatic heterocycles. The normalized spacial score (nSPS) is 12.1. The number of nitrogens with one attached hydrogen (secondary N) is 3. The number of thioether (sulfide) groups is 1. The second kappa shape index (κ2) is 10.8. The Morgan fingerprint density at radius 1 is 1.50 bits per heavy atom. The van der Waals surface area contributed by atoms with Gasteiger partial charge in [-0.25, -0.2) is 14.0 Å². The number of aromatic nitrogens is 2. The standard InChI is InChI=1S/C14H16BrFN7O4S/c1-17-11(7-23(25)26)18-4-5-28-14-12(21-27-22-14)13(20-24)19-8-2-3-10(16)9(15)6-8/h2-3,6-7,17-18,24-25H,4-5H2,1H3,(H,19,20)/q-1/b11-7+. The van der Waals surface area contributed by atoms with Gasteiger partial charge in [0.2, 0.25) is 0 Å². The van der Waals surface area contributed by atoms with Crippen molar-refractivity contribution < 1.29 is 19.4 Å². The monoisotopic (exact) mass is 476 g/mol. The number of rotatable bonds is 9. The summed E-state index contributed by atoms with van der Waals surface area (Å²) in [6.07, 6.45) is 0.926. The van der Waals surface area contributed by atoms with E-state index in [9.17, 15) is 14.8 Å². The fraction of sp³-hybridized carbons (Fsp3) is 0.214.